The molecular formula is C15H23N3O2. The van der Waals surface area contributed by atoms with Crippen molar-refractivity contribution in [2.24, 2.45) is 16.8 Å². The van der Waals surface area contributed by atoms with Crippen LogP contribution in [0.2, 0.25) is 0 Å². The zero-order chi connectivity index (χ0) is 14.2. The van der Waals surface area contributed by atoms with Crippen molar-refractivity contribution in [1.29, 1.82) is 0 Å². The number of ether oxygens (including phenoxy) is 1. The Kier molecular flexibility index (Phi) is 5.83. The normalized spacial score (nSPS) is 21.6. The average molecular weight is 277 g/mol. The lowest BCUT2D eigenvalue weighted by Gasteiger charge is -2.26. The summed E-state index contributed by atoms with van der Waals surface area (Å²) >= 11 is 0. The van der Waals surface area contributed by atoms with Crippen LogP contribution in [0.1, 0.15) is 30.9 Å². The van der Waals surface area contributed by atoms with Crippen molar-refractivity contribution < 1.29 is 9.94 Å². The van der Waals surface area contributed by atoms with E-state index in [0.29, 0.717) is 12.3 Å². The Balaban J connectivity index is 1.95. The summed E-state index contributed by atoms with van der Waals surface area (Å²) in [4.78, 5) is 0. The first-order valence-corrected chi connectivity index (χ1v) is 7.12. The van der Waals surface area contributed by atoms with Gasteiger partial charge < -0.3 is 21.0 Å². The van der Waals surface area contributed by atoms with Gasteiger partial charge in [0.05, 0.1) is 6.61 Å². The Morgan fingerprint density at radius 2 is 2.25 bits per heavy atom. The van der Waals surface area contributed by atoms with Gasteiger partial charge in [-0.1, -0.05) is 35.5 Å². The minimum atomic E-state index is 0.0639. The molecule has 2 rings (SSSR count). The van der Waals surface area contributed by atoms with Crippen LogP contribution in [-0.2, 0) is 4.74 Å². The quantitative estimate of drug-likeness (QED) is 0.321. The van der Waals surface area contributed by atoms with E-state index in [9.17, 15) is 0 Å². The fraction of sp³-hybridized carbons (Fsp3) is 0.533. The number of rotatable bonds is 6. The maximum atomic E-state index is 8.76. The molecule has 0 aliphatic carbocycles. The van der Waals surface area contributed by atoms with Crippen molar-refractivity contribution >= 4 is 5.84 Å². The first-order chi connectivity index (χ1) is 9.79. The van der Waals surface area contributed by atoms with Crippen LogP contribution in [0.3, 0.4) is 0 Å². The fourth-order valence-corrected chi connectivity index (χ4v) is 2.52. The number of benzene rings is 1. The molecule has 110 valence electrons. The van der Waals surface area contributed by atoms with Crippen molar-refractivity contribution in [2.45, 2.75) is 25.3 Å². The molecule has 0 aromatic heterocycles. The largest absolute Gasteiger partial charge is 0.409 e. The van der Waals surface area contributed by atoms with E-state index in [4.69, 9.17) is 15.7 Å². The lowest BCUT2D eigenvalue weighted by atomic mass is 9.99. The van der Waals surface area contributed by atoms with Gasteiger partial charge in [0.2, 0.25) is 0 Å². The van der Waals surface area contributed by atoms with E-state index >= 15 is 0 Å². The van der Waals surface area contributed by atoms with Crippen LogP contribution < -0.4 is 11.1 Å². The third-order valence-electron chi connectivity index (χ3n) is 3.65. The minimum absolute atomic E-state index is 0.0639. The Morgan fingerprint density at radius 1 is 1.45 bits per heavy atom. The Bertz CT molecular complexity index is 416. The topological polar surface area (TPSA) is 79.9 Å². The molecule has 1 aliphatic heterocycles. The molecule has 0 radical (unpaired) electrons. The van der Waals surface area contributed by atoms with Gasteiger partial charge in [-0.05, 0) is 24.3 Å². The molecule has 0 bridgehead atoms. The van der Waals surface area contributed by atoms with Gasteiger partial charge in [0.1, 0.15) is 5.84 Å². The van der Waals surface area contributed by atoms with Crippen LogP contribution in [0, 0.1) is 5.92 Å². The van der Waals surface area contributed by atoms with E-state index < -0.39 is 0 Å². The second-order valence-corrected chi connectivity index (χ2v) is 5.25. The zero-order valence-electron chi connectivity index (χ0n) is 11.7. The van der Waals surface area contributed by atoms with Crippen molar-refractivity contribution in [3.63, 3.8) is 0 Å². The van der Waals surface area contributed by atoms with E-state index in [-0.39, 0.29) is 11.9 Å². The molecule has 0 saturated carbocycles. The van der Waals surface area contributed by atoms with Gasteiger partial charge in [0.15, 0.2) is 0 Å². The number of nitrogens with zero attached hydrogens (tertiary/aromatic N) is 1. The summed E-state index contributed by atoms with van der Waals surface area (Å²) < 4.78 is 5.49. The fourth-order valence-electron chi connectivity index (χ4n) is 2.52. The van der Waals surface area contributed by atoms with Crippen LogP contribution in [-0.4, -0.2) is 30.8 Å². The van der Waals surface area contributed by atoms with Crippen molar-refractivity contribution in [1.82, 2.24) is 5.32 Å². The molecule has 0 amide bonds. The second-order valence-electron chi connectivity index (χ2n) is 5.25. The highest BCUT2D eigenvalue weighted by Gasteiger charge is 2.18. The maximum absolute atomic E-state index is 8.76. The van der Waals surface area contributed by atoms with Gasteiger partial charge in [0, 0.05) is 25.6 Å². The lowest BCUT2D eigenvalue weighted by Crippen LogP contribution is -2.33. The monoisotopic (exact) mass is 277 g/mol. The summed E-state index contributed by atoms with van der Waals surface area (Å²) in [5.74, 6) is 0.786. The van der Waals surface area contributed by atoms with Gasteiger partial charge in [-0.25, -0.2) is 0 Å². The third-order valence-corrected chi connectivity index (χ3v) is 3.65. The van der Waals surface area contributed by atoms with Crippen molar-refractivity contribution in [3.8, 4) is 0 Å². The molecule has 1 fully saturated rings. The Hall–Kier alpha value is -1.59. The van der Waals surface area contributed by atoms with Crippen LogP contribution >= 0.6 is 0 Å². The van der Waals surface area contributed by atoms with E-state index in [2.05, 4.69) is 22.6 Å². The SMILES string of the molecule is NC(CC(NCC1CCCOC1)c1ccccc1)=NO. The molecule has 2 atom stereocenters. The van der Waals surface area contributed by atoms with Crippen molar-refractivity contribution in [3.05, 3.63) is 35.9 Å². The smallest absolute Gasteiger partial charge is 0.141 e. The van der Waals surface area contributed by atoms with Crippen LogP contribution in [0.5, 0.6) is 0 Å². The zero-order valence-corrected chi connectivity index (χ0v) is 11.7. The summed E-state index contributed by atoms with van der Waals surface area (Å²) in [5, 5.41) is 15.4. The van der Waals surface area contributed by atoms with Gasteiger partial charge in [-0.3, -0.25) is 0 Å². The van der Waals surface area contributed by atoms with E-state index in [1.807, 2.05) is 18.2 Å². The number of hydrogen-bond donors (Lipinski definition) is 3. The lowest BCUT2D eigenvalue weighted by molar-refractivity contribution is 0.0538. The number of oxime groups is 1. The van der Waals surface area contributed by atoms with Crippen LogP contribution in [0.25, 0.3) is 0 Å². The molecular weight excluding hydrogens is 254 g/mol. The number of hydrogen-bond acceptors (Lipinski definition) is 4. The molecule has 1 aromatic rings. The number of amidine groups is 1. The van der Waals surface area contributed by atoms with E-state index in [1.165, 1.54) is 6.42 Å². The molecule has 0 spiro atoms. The Labute approximate surface area is 119 Å². The molecule has 1 aliphatic rings. The minimum Gasteiger partial charge on any atom is -0.409 e. The van der Waals surface area contributed by atoms with Crippen LogP contribution in [0.4, 0.5) is 0 Å². The molecule has 20 heavy (non-hydrogen) atoms. The molecule has 5 heteroatoms. The van der Waals surface area contributed by atoms with E-state index in [1.54, 1.807) is 0 Å². The molecule has 4 N–H and O–H groups in total. The predicted molar refractivity (Wildman–Crippen MR) is 78.8 cm³/mol. The van der Waals surface area contributed by atoms with Gasteiger partial charge in [0.25, 0.3) is 0 Å². The van der Waals surface area contributed by atoms with Gasteiger partial charge in [-0.2, -0.15) is 0 Å². The third kappa shape index (κ3) is 4.51. The summed E-state index contributed by atoms with van der Waals surface area (Å²) in [6, 6.07) is 10.2. The first-order valence-electron chi connectivity index (χ1n) is 7.12. The summed E-state index contributed by atoms with van der Waals surface area (Å²) in [7, 11) is 0. The summed E-state index contributed by atoms with van der Waals surface area (Å²) in [5.41, 5.74) is 6.80. The highest BCUT2D eigenvalue weighted by Crippen LogP contribution is 2.19. The molecule has 1 aromatic carbocycles. The summed E-state index contributed by atoms with van der Waals surface area (Å²) in [6.07, 6.45) is 2.81. The first kappa shape index (κ1) is 14.8. The van der Waals surface area contributed by atoms with Gasteiger partial charge in [-0.15, -0.1) is 0 Å². The molecule has 1 saturated heterocycles. The molecule has 2 unspecified atom stereocenters. The van der Waals surface area contributed by atoms with Gasteiger partial charge >= 0.3 is 0 Å². The maximum Gasteiger partial charge on any atom is 0.141 e. The second kappa shape index (κ2) is 7.87. The highest BCUT2D eigenvalue weighted by atomic mass is 16.5. The highest BCUT2D eigenvalue weighted by molar-refractivity contribution is 5.80. The summed E-state index contributed by atoms with van der Waals surface area (Å²) in [6.45, 7) is 2.58. The van der Waals surface area contributed by atoms with Crippen LogP contribution in [0.15, 0.2) is 35.5 Å². The number of nitrogens with one attached hydrogen (secondary N) is 1. The Morgan fingerprint density at radius 3 is 2.90 bits per heavy atom. The standard InChI is InChI=1S/C15H23N3O2/c16-15(18-19)9-14(13-6-2-1-3-7-13)17-10-12-5-4-8-20-11-12/h1-3,6-7,12,14,17,19H,4-5,8-11H2,(H2,16,18). The molecule has 5 nitrogen and oxygen atoms in total. The molecule has 1 heterocycles. The van der Waals surface area contributed by atoms with E-state index in [0.717, 1.165) is 31.7 Å². The average Bonchev–Trinajstić information content (AvgIpc) is 2.53. The number of nitrogens with two attached hydrogens (primary N) is 1. The predicted octanol–water partition coefficient (Wildman–Crippen LogP) is 1.88. The van der Waals surface area contributed by atoms with Crippen molar-refractivity contribution in [2.75, 3.05) is 19.8 Å².